The van der Waals surface area contributed by atoms with Gasteiger partial charge in [0.25, 0.3) is 5.91 Å². The Hall–Kier alpha value is -4.38. The first kappa shape index (κ1) is 22.8. The highest BCUT2D eigenvalue weighted by atomic mass is 16.5. The molecule has 0 aliphatic rings. The molecular weight excluding hydrogens is 424 g/mol. The van der Waals surface area contributed by atoms with Crippen molar-refractivity contribution in [3.05, 3.63) is 126 Å². The van der Waals surface area contributed by atoms with Crippen LogP contribution in [0.25, 0.3) is 0 Å². The van der Waals surface area contributed by atoms with Crippen molar-refractivity contribution in [3.63, 3.8) is 0 Å². The normalized spacial score (nSPS) is 10.4. The Kier molecular flexibility index (Phi) is 7.70. The van der Waals surface area contributed by atoms with Gasteiger partial charge in [0.2, 0.25) is 5.91 Å². The molecule has 4 aromatic carbocycles. The van der Waals surface area contributed by atoms with Crippen molar-refractivity contribution in [2.45, 2.75) is 12.8 Å². The third kappa shape index (κ3) is 6.81. The highest BCUT2D eigenvalue weighted by Gasteiger charge is 2.09. The molecule has 0 fully saturated rings. The van der Waals surface area contributed by atoms with Crippen molar-refractivity contribution in [1.82, 2.24) is 0 Å². The maximum atomic E-state index is 12.7. The standard InChI is InChI=1S/C29H26N2O3/c32-28(20-23-10-5-2-6-11-23)30-25-12-7-13-26(21-25)31-29(33)24-14-16-27(17-15-24)34-19-18-22-8-3-1-4-9-22/h1-17,21H,18-20H2,(H,30,32)(H,31,33). The number of hydrogen-bond donors (Lipinski definition) is 2. The summed E-state index contributed by atoms with van der Waals surface area (Å²) in [5.41, 5.74) is 3.91. The smallest absolute Gasteiger partial charge is 0.255 e. The fourth-order valence-corrected chi connectivity index (χ4v) is 3.50. The van der Waals surface area contributed by atoms with Crippen molar-refractivity contribution in [2.24, 2.45) is 0 Å². The number of ether oxygens (including phenoxy) is 1. The van der Waals surface area contributed by atoms with Crippen LogP contribution in [-0.2, 0) is 17.6 Å². The summed E-state index contributed by atoms with van der Waals surface area (Å²) in [5.74, 6) is 0.372. The van der Waals surface area contributed by atoms with E-state index in [4.69, 9.17) is 4.74 Å². The highest BCUT2D eigenvalue weighted by Crippen LogP contribution is 2.18. The molecule has 0 spiro atoms. The van der Waals surface area contributed by atoms with E-state index in [1.807, 2.05) is 48.5 Å². The molecule has 4 rings (SSSR count). The number of carbonyl (C=O) groups excluding carboxylic acids is 2. The first-order valence-electron chi connectivity index (χ1n) is 11.2. The summed E-state index contributed by atoms with van der Waals surface area (Å²) in [7, 11) is 0. The molecule has 0 unspecified atom stereocenters. The highest BCUT2D eigenvalue weighted by molar-refractivity contribution is 6.04. The Balaban J connectivity index is 1.28. The number of anilines is 2. The average Bonchev–Trinajstić information content (AvgIpc) is 2.86. The zero-order valence-corrected chi connectivity index (χ0v) is 18.7. The van der Waals surface area contributed by atoms with E-state index in [9.17, 15) is 9.59 Å². The van der Waals surface area contributed by atoms with Gasteiger partial charge >= 0.3 is 0 Å². The van der Waals surface area contributed by atoms with Crippen LogP contribution in [0.5, 0.6) is 5.75 Å². The van der Waals surface area contributed by atoms with E-state index < -0.39 is 0 Å². The van der Waals surface area contributed by atoms with E-state index in [0.717, 1.165) is 17.7 Å². The first-order valence-corrected chi connectivity index (χ1v) is 11.2. The van der Waals surface area contributed by atoms with Gasteiger partial charge in [0, 0.05) is 23.4 Å². The molecule has 4 aromatic rings. The van der Waals surface area contributed by atoms with Crippen molar-refractivity contribution in [2.75, 3.05) is 17.2 Å². The van der Waals surface area contributed by atoms with Gasteiger partial charge in [0.15, 0.2) is 0 Å². The van der Waals surface area contributed by atoms with E-state index in [2.05, 4.69) is 22.8 Å². The minimum atomic E-state index is -0.233. The number of rotatable bonds is 9. The average molecular weight is 451 g/mol. The fraction of sp³-hybridized carbons (Fsp3) is 0.103. The Bertz CT molecular complexity index is 1220. The quantitative estimate of drug-likeness (QED) is 0.342. The maximum Gasteiger partial charge on any atom is 0.255 e. The van der Waals surface area contributed by atoms with Gasteiger partial charge in [-0.15, -0.1) is 0 Å². The number of amides is 2. The molecule has 0 bridgehead atoms. The summed E-state index contributed by atoms with van der Waals surface area (Å²) in [4.78, 5) is 25.0. The van der Waals surface area contributed by atoms with Crippen LogP contribution in [-0.4, -0.2) is 18.4 Å². The summed E-state index contributed by atoms with van der Waals surface area (Å²) in [6.07, 6.45) is 1.11. The topological polar surface area (TPSA) is 67.4 Å². The molecule has 2 amide bonds. The number of hydrogen-bond acceptors (Lipinski definition) is 3. The molecule has 0 radical (unpaired) electrons. The molecule has 0 saturated heterocycles. The Morgan fingerprint density at radius 1 is 0.647 bits per heavy atom. The van der Waals surface area contributed by atoms with Gasteiger partial charge in [-0.25, -0.2) is 0 Å². The molecule has 5 nitrogen and oxygen atoms in total. The third-order valence-corrected chi connectivity index (χ3v) is 5.23. The number of carbonyl (C=O) groups is 2. The van der Waals surface area contributed by atoms with E-state index in [0.29, 0.717) is 23.5 Å². The lowest BCUT2D eigenvalue weighted by Crippen LogP contribution is -2.15. The van der Waals surface area contributed by atoms with Gasteiger partial charge < -0.3 is 15.4 Å². The Labute approximate surface area is 199 Å². The predicted molar refractivity (Wildman–Crippen MR) is 135 cm³/mol. The molecule has 34 heavy (non-hydrogen) atoms. The Morgan fingerprint density at radius 2 is 1.26 bits per heavy atom. The third-order valence-electron chi connectivity index (χ3n) is 5.23. The molecule has 0 heterocycles. The zero-order valence-electron chi connectivity index (χ0n) is 18.7. The van der Waals surface area contributed by atoms with E-state index in [1.165, 1.54) is 5.56 Å². The van der Waals surface area contributed by atoms with Crippen molar-refractivity contribution in [3.8, 4) is 5.75 Å². The lowest BCUT2D eigenvalue weighted by molar-refractivity contribution is -0.115. The van der Waals surface area contributed by atoms with Crippen LogP contribution in [0.4, 0.5) is 11.4 Å². The second kappa shape index (κ2) is 11.5. The molecule has 0 aliphatic carbocycles. The Morgan fingerprint density at radius 3 is 1.94 bits per heavy atom. The summed E-state index contributed by atoms with van der Waals surface area (Å²) >= 11 is 0. The van der Waals surface area contributed by atoms with Gasteiger partial charge in [0.1, 0.15) is 5.75 Å². The van der Waals surface area contributed by atoms with E-state index >= 15 is 0 Å². The second-order valence-electron chi connectivity index (χ2n) is 7.85. The second-order valence-corrected chi connectivity index (χ2v) is 7.85. The molecule has 0 aromatic heterocycles. The lowest BCUT2D eigenvalue weighted by atomic mass is 10.1. The van der Waals surface area contributed by atoms with Crippen LogP contribution >= 0.6 is 0 Å². The van der Waals surface area contributed by atoms with Crippen molar-refractivity contribution >= 4 is 23.2 Å². The van der Waals surface area contributed by atoms with Crippen LogP contribution in [0.15, 0.2) is 109 Å². The molecule has 0 atom stereocenters. The van der Waals surface area contributed by atoms with Crippen LogP contribution in [0.2, 0.25) is 0 Å². The largest absolute Gasteiger partial charge is 0.493 e. The van der Waals surface area contributed by atoms with Crippen molar-refractivity contribution < 1.29 is 14.3 Å². The van der Waals surface area contributed by atoms with Gasteiger partial charge in [-0.1, -0.05) is 66.7 Å². The first-order chi connectivity index (χ1) is 16.7. The van der Waals surface area contributed by atoms with E-state index in [1.54, 1.807) is 48.5 Å². The number of benzene rings is 4. The molecule has 2 N–H and O–H groups in total. The van der Waals surface area contributed by atoms with Gasteiger partial charge in [0.05, 0.1) is 13.0 Å². The fourth-order valence-electron chi connectivity index (χ4n) is 3.50. The molecule has 0 saturated carbocycles. The molecule has 0 aliphatic heterocycles. The molecular formula is C29H26N2O3. The monoisotopic (exact) mass is 450 g/mol. The summed E-state index contributed by atoms with van der Waals surface area (Å²) in [5, 5.41) is 5.75. The minimum absolute atomic E-state index is 0.113. The van der Waals surface area contributed by atoms with Crippen LogP contribution in [0.1, 0.15) is 21.5 Å². The van der Waals surface area contributed by atoms with E-state index in [-0.39, 0.29) is 18.2 Å². The summed E-state index contributed by atoms with van der Waals surface area (Å²) in [6.45, 7) is 0.568. The molecule has 5 heteroatoms. The van der Waals surface area contributed by atoms with Crippen LogP contribution < -0.4 is 15.4 Å². The predicted octanol–water partition coefficient (Wildman–Crippen LogP) is 5.74. The van der Waals surface area contributed by atoms with Gasteiger partial charge in [-0.3, -0.25) is 9.59 Å². The SMILES string of the molecule is O=C(Cc1ccccc1)Nc1cccc(NC(=O)c2ccc(OCCc3ccccc3)cc2)c1. The van der Waals surface area contributed by atoms with Gasteiger partial charge in [-0.05, 0) is 53.6 Å². The van der Waals surface area contributed by atoms with Crippen LogP contribution in [0.3, 0.4) is 0 Å². The zero-order chi connectivity index (χ0) is 23.6. The maximum absolute atomic E-state index is 12.7. The summed E-state index contributed by atoms with van der Waals surface area (Å²) in [6, 6.07) is 33.9. The van der Waals surface area contributed by atoms with Crippen molar-refractivity contribution in [1.29, 1.82) is 0 Å². The minimum Gasteiger partial charge on any atom is -0.493 e. The lowest BCUT2D eigenvalue weighted by Gasteiger charge is -2.10. The molecule has 170 valence electrons. The number of nitrogens with one attached hydrogen (secondary N) is 2. The summed E-state index contributed by atoms with van der Waals surface area (Å²) < 4.78 is 5.79. The van der Waals surface area contributed by atoms with Crippen LogP contribution in [0, 0.1) is 0 Å². The van der Waals surface area contributed by atoms with Gasteiger partial charge in [-0.2, -0.15) is 0 Å².